The first-order valence-electron chi connectivity index (χ1n) is 10.2. The molecule has 0 amide bonds. The van der Waals surface area contributed by atoms with E-state index in [1.807, 2.05) is 13.0 Å². The molecule has 2 atom stereocenters. The van der Waals surface area contributed by atoms with E-state index in [9.17, 15) is 9.90 Å². The van der Waals surface area contributed by atoms with Gasteiger partial charge in [-0.25, -0.2) is 4.79 Å². The highest BCUT2D eigenvalue weighted by atomic mass is 16.5. The largest absolute Gasteiger partial charge is 0.485 e. The Morgan fingerprint density at radius 2 is 2.04 bits per heavy atom. The first kappa shape index (κ1) is 22.2. The van der Waals surface area contributed by atoms with Gasteiger partial charge < -0.3 is 14.6 Å². The number of allylic oxidation sites excluding steroid dienone is 4. The molecule has 28 heavy (non-hydrogen) atoms. The lowest BCUT2D eigenvalue weighted by Crippen LogP contribution is -2.48. The van der Waals surface area contributed by atoms with Crippen molar-refractivity contribution in [3.05, 3.63) is 52.6 Å². The van der Waals surface area contributed by atoms with Crippen LogP contribution in [0.4, 0.5) is 0 Å². The molecule has 1 aliphatic heterocycles. The summed E-state index contributed by atoms with van der Waals surface area (Å²) in [5, 5.41) is 10.7. The van der Waals surface area contributed by atoms with E-state index in [0.717, 1.165) is 37.0 Å². The molecule has 2 unspecified atom stereocenters. The average molecular weight is 387 g/mol. The van der Waals surface area contributed by atoms with Crippen molar-refractivity contribution in [3.8, 4) is 5.75 Å². The lowest BCUT2D eigenvalue weighted by Gasteiger charge is -2.40. The number of fused-ring (bicyclic) bond motifs is 1. The Balaban J connectivity index is 2.00. The van der Waals surface area contributed by atoms with Gasteiger partial charge in [-0.2, -0.15) is 0 Å². The van der Waals surface area contributed by atoms with Crippen LogP contribution in [0.5, 0.6) is 5.75 Å². The summed E-state index contributed by atoms with van der Waals surface area (Å²) in [4.78, 5) is 11.9. The fourth-order valence-electron chi connectivity index (χ4n) is 3.44. The second kappa shape index (κ2) is 9.92. The standard InChI is InChI=1S/C24H34O4/c1-6-27-23(26)19-12-13-21-20(15-19)16-22(25)24(5,28-21)14-8-11-18(4)10-7-9-17(2)3/h9,11-13,15,22,25H,6-8,10,14,16H2,1-5H3/b18-11-. The van der Waals surface area contributed by atoms with Gasteiger partial charge in [0.25, 0.3) is 0 Å². The molecule has 1 aliphatic rings. The third kappa shape index (κ3) is 5.96. The minimum absolute atomic E-state index is 0.342. The van der Waals surface area contributed by atoms with Crippen LogP contribution in [0.15, 0.2) is 41.5 Å². The molecule has 0 fully saturated rings. The molecule has 0 aliphatic carbocycles. The molecule has 0 radical (unpaired) electrons. The van der Waals surface area contributed by atoms with Crippen molar-refractivity contribution in [1.29, 1.82) is 0 Å². The highest BCUT2D eigenvalue weighted by Gasteiger charge is 2.39. The number of esters is 1. The van der Waals surface area contributed by atoms with Crippen LogP contribution < -0.4 is 4.74 Å². The Kier molecular flexibility index (Phi) is 7.88. The molecule has 1 N–H and O–H groups in total. The van der Waals surface area contributed by atoms with Crippen LogP contribution in [-0.2, 0) is 11.2 Å². The summed E-state index contributed by atoms with van der Waals surface area (Å²) in [5.74, 6) is 0.395. The van der Waals surface area contributed by atoms with E-state index in [0.29, 0.717) is 18.6 Å². The quantitative estimate of drug-likeness (QED) is 0.481. The average Bonchev–Trinajstić information content (AvgIpc) is 2.62. The highest BCUT2D eigenvalue weighted by molar-refractivity contribution is 5.89. The van der Waals surface area contributed by atoms with Crippen molar-refractivity contribution >= 4 is 5.97 Å². The summed E-state index contributed by atoms with van der Waals surface area (Å²) < 4.78 is 11.2. The molecule has 0 saturated carbocycles. The van der Waals surface area contributed by atoms with Gasteiger partial charge in [0, 0.05) is 6.42 Å². The van der Waals surface area contributed by atoms with Gasteiger partial charge in [0.15, 0.2) is 0 Å². The summed E-state index contributed by atoms with van der Waals surface area (Å²) >= 11 is 0. The minimum atomic E-state index is -0.630. The normalized spacial score (nSPS) is 21.5. The Morgan fingerprint density at radius 3 is 2.71 bits per heavy atom. The van der Waals surface area contributed by atoms with Gasteiger partial charge >= 0.3 is 5.97 Å². The molecule has 1 heterocycles. The van der Waals surface area contributed by atoms with Gasteiger partial charge in [0.2, 0.25) is 0 Å². The van der Waals surface area contributed by atoms with Crippen molar-refractivity contribution in [3.63, 3.8) is 0 Å². The number of ether oxygens (including phenoxy) is 2. The zero-order valence-corrected chi connectivity index (χ0v) is 17.9. The van der Waals surface area contributed by atoms with E-state index in [2.05, 4.69) is 32.9 Å². The summed E-state index contributed by atoms with van der Waals surface area (Å²) in [6.07, 6.45) is 8.10. The zero-order chi connectivity index (χ0) is 20.7. The van der Waals surface area contributed by atoms with Gasteiger partial charge in [-0.1, -0.05) is 23.3 Å². The maximum atomic E-state index is 11.9. The fraction of sp³-hybridized carbons (Fsp3) is 0.542. The van der Waals surface area contributed by atoms with Gasteiger partial charge in [-0.05, 0) is 84.1 Å². The number of carbonyl (C=O) groups excluding carboxylic acids is 1. The summed E-state index contributed by atoms with van der Waals surface area (Å²) in [6.45, 7) is 10.5. The van der Waals surface area contributed by atoms with Crippen molar-refractivity contribution < 1.29 is 19.4 Å². The molecule has 154 valence electrons. The fourth-order valence-corrected chi connectivity index (χ4v) is 3.44. The third-order valence-corrected chi connectivity index (χ3v) is 5.26. The van der Waals surface area contributed by atoms with Crippen LogP contribution >= 0.6 is 0 Å². The lowest BCUT2D eigenvalue weighted by atomic mass is 9.85. The number of rotatable bonds is 8. The maximum Gasteiger partial charge on any atom is 0.338 e. The van der Waals surface area contributed by atoms with Gasteiger partial charge in [0.05, 0.1) is 18.3 Å². The van der Waals surface area contributed by atoms with Crippen LogP contribution in [-0.4, -0.2) is 29.4 Å². The molecule has 4 nitrogen and oxygen atoms in total. The van der Waals surface area contributed by atoms with E-state index < -0.39 is 11.7 Å². The summed E-state index contributed by atoms with van der Waals surface area (Å²) in [5.41, 5.74) is 3.43. The number of carbonyl (C=O) groups is 1. The number of aliphatic hydroxyl groups is 1. The smallest absolute Gasteiger partial charge is 0.338 e. The molecule has 0 aromatic heterocycles. The van der Waals surface area contributed by atoms with Crippen LogP contribution in [0, 0.1) is 0 Å². The predicted molar refractivity (Wildman–Crippen MR) is 113 cm³/mol. The molecule has 4 heteroatoms. The summed E-state index contributed by atoms with van der Waals surface area (Å²) in [6, 6.07) is 5.30. The lowest BCUT2D eigenvalue weighted by molar-refractivity contribution is -0.0587. The number of hydrogen-bond acceptors (Lipinski definition) is 4. The van der Waals surface area contributed by atoms with Gasteiger partial charge in [-0.15, -0.1) is 0 Å². The molecule has 2 rings (SSSR count). The predicted octanol–water partition coefficient (Wildman–Crippen LogP) is 5.39. The van der Waals surface area contributed by atoms with Crippen LogP contribution in [0.1, 0.15) is 76.2 Å². The van der Waals surface area contributed by atoms with Gasteiger partial charge in [-0.3, -0.25) is 0 Å². The maximum absolute atomic E-state index is 11.9. The number of hydrogen-bond donors (Lipinski definition) is 1. The second-order valence-electron chi connectivity index (χ2n) is 8.09. The molecule has 0 spiro atoms. The zero-order valence-electron chi connectivity index (χ0n) is 17.9. The van der Waals surface area contributed by atoms with Crippen LogP contribution in [0.2, 0.25) is 0 Å². The van der Waals surface area contributed by atoms with Gasteiger partial charge in [0.1, 0.15) is 11.4 Å². The minimum Gasteiger partial charge on any atom is -0.485 e. The van der Waals surface area contributed by atoms with Crippen LogP contribution in [0.25, 0.3) is 0 Å². The second-order valence-corrected chi connectivity index (χ2v) is 8.09. The molecule has 0 saturated heterocycles. The van der Waals surface area contributed by atoms with Crippen molar-refractivity contribution in [2.45, 2.75) is 78.4 Å². The van der Waals surface area contributed by atoms with Crippen LogP contribution in [0.3, 0.4) is 0 Å². The Labute approximate surface area is 169 Å². The van der Waals surface area contributed by atoms with E-state index in [-0.39, 0.29) is 5.97 Å². The number of aliphatic hydroxyl groups excluding tert-OH is 1. The topological polar surface area (TPSA) is 55.8 Å². The highest BCUT2D eigenvalue weighted by Crippen LogP contribution is 2.36. The molecular weight excluding hydrogens is 352 g/mol. The van der Waals surface area contributed by atoms with E-state index >= 15 is 0 Å². The van der Waals surface area contributed by atoms with E-state index in [4.69, 9.17) is 9.47 Å². The Hall–Kier alpha value is -2.07. The molecule has 1 aromatic carbocycles. The van der Waals surface area contributed by atoms with E-state index in [1.165, 1.54) is 11.1 Å². The SMILES string of the molecule is CCOC(=O)c1ccc2c(c1)CC(O)C(C)(CC/C=C(/C)CCC=C(C)C)O2. The number of benzene rings is 1. The van der Waals surface area contributed by atoms with Crippen molar-refractivity contribution in [2.75, 3.05) is 6.61 Å². The first-order chi connectivity index (χ1) is 13.2. The first-order valence-corrected chi connectivity index (χ1v) is 10.2. The molecular formula is C24H34O4. The summed E-state index contributed by atoms with van der Waals surface area (Å²) in [7, 11) is 0. The molecule has 1 aromatic rings. The Morgan fingerprint density at radius 1 is 1.29 bits per heavy atom. The van der Waals surface area contributed by atoms with E-state index in [1.54, 1.807) is 19.1 Å². The third-order valence-electron chi connectivity index (χ3n) is 5.26. The Bertz CT molecular complexity index is 743. The van der Waals surface area contributed by atoms with Crippen molar-refractivity contribution in [2.24, 2.45) is 0 Å². The van der Waals surface area contributed by atoms with Crippen molar-refractivity contribution in [1.82, 2.24) is 0 Å². The monoisotopic (exact) mass is 386 g/mol. The molecule has 0 bridgehead atoms.